The topological polar surface area (TPSA) is 52.7 Å². The van der Waals surface area contributed by atoms with E-state index in [1.54, 1.807) is 32.3 Å². The molecule has 2 amide bonds. The van der Waals surface area contributed by atoms with Crippen LogP contribution in [0.25, 0.3) is 0 Å². The van der Waals surface area contributed by atoms with Gasteiger partial charge in [-0.15, -0.1) is 0 Å². The Bertz CT molecular complexity index is 787. The van der Waals surface area contributed by atoms with Crippen molar-refractivity contribution >= 4 is 23.2 Å². The van der Waals surface area contributed by atoms with Crippen molar-refractivity contribution in [2.45, 2.75) is 13.8 Å². The first-order valence-electron chi connectivity index (χ1n) is 8.35. The Morgan fingerprint density at radius 1 is 0.962 bits per heavy atom. The van der Waals surface area contributed by atoms with Crippen LogP contribution in [0.4, 0.5) is 15.8 Å². The molecule has 0 fully saturated rings. The highest BCUT2D eigenvalue weighted by Crippen LogP contribution is 2.19. The van der Waals surface area contributed by atoms with Gasteiger partial charge in [0.25, 0.3) is 0 Å². The van der Waals surface area contributed by atoms with Gasteiger partial charge in [0, 0.05) is 19.8 Å². The highest BCUT2D eigenvalue weighted by Gasteiger charge is 2.17. The van der Waals surface area contributed by atoms with Gasteiger partial charge >= 0.3 is 0 Å². The van der Waals surface area contributed by atoms with Crippen LogP contribution in [0.15, 0.2) is 42.5 Å². The number of halogens is 1. The lowest BCUT2D eigenvalue weighted by Gasteiger charge is -2.23. The molecule has 0 aliphatic rings. The molecule has 2 aromatic carbocycles. The number of hydrogen-bond donors (Lipinski definition) is 1. The Kier molecular flexibility index (Phi) is 6.33. The molecule has 5 nitrogen and oxygen atoms in total. The van der Waals surface area contributed by atoms with Crippen LogP contribution < -0.4 is 10.2 Å². The van der Waals surface area contributed by atoms with Crippen LogP contribution >= 0.6 is 0 Å². The van der Waals surface area contributed by atoms with Crippen molar-refractivity contribution in [2.24, 2.45) is 0 Å². The van der Waals surface area contributed by atoms with Crippen molar-refractivity contribution in [1.82, 2.24) is 4.90 Å². The summed E-state index contributed by atoms with van der Waals surface area (Å²) >= 11 is 0. The fourth-order valence-corrected chi connectivity index (χ4v) is 2.66. The van der Waals surface area contributed by atoms with Crippen LogP contribution in [0.1, 0.15) is 11.1 Å². The van der Waals surface area contributed by atoms with Gasteiger partial charge in [-0.05, 0) is 37.1 Å². The Morgan fingerprint density at radius 2 is 1.58 bits per heavy atom. The first-order valence-corrected chi connectivity index (χ1v) is 8.35. The largest absolute Gasteiger partial charge is 0.363 e. The SMILES string of the molecule is Cc1cccc(C)c1NC(=O)CN(C)C(=O)CN(C)c1ccccc1F. The van der Waals surface area contributed by atoms with Crippen molar-refractivity contribution in [1.29, 1.82) is 0 Å². The van der Waals surface area contributed by atoms with Gasteiger partial charge in [0.15, 0.2) is 0 Å². The van der Waals surface area contributed by atoms with Gasteiger partial charge in [0.2, 0.25) is 11.8 Å². The second-order valence-corrected chi connectivity index (χ2v) is 6.37. The first-order chi connectivity index (χ1) is 12.3. The molecule has 26 heavy (non-hydrogen) atoms. The molecule has 0 saturated carbocycles. The third-order valence-electron chi connectivity index (χ3n) is 4.19. The Labute approximate surface area is 153 Å². The molecule has 0 aliphatic carbocycles. The number of anilines is 2. The third-order valence-corrected chi connectivity index (χ3v) is 4.19. The number of benzene rings is 2. The average Bonchev–Trinajstić information content (AvgIpc) is 2.58. The molecule has 0 unspecified atom stereocenters. The van der Waals surface area contributed by atoms with E-state index in [2.05, 4.69) is 5.32 Å². The molecule has 0 heterocycles. The summed E-state index contributed by atoms with van der Waals surface area (Å²) in [5.41, 5.74) is 3.04. The number of nitrogens with one attached hydrogen (secondary N) is 1. The second kappa shape index (κ2) is 8.47. The van der Waals surface area contributed by atoms with E-state index in [4.69, 9.17) is 0 Å². The van der Waals surface area contributed by atoms with Crippen molar-refractivity contribution in [3.8, 4) is 0 Å². The molecule has 0 saturated heterocycles. The molecule has 2 rings (SSSR count). The maximum atomic E-state index is 13.8. The molecule has 0 radical (unpaired) electrons. The number of para-hydroxylation sites is 2. The normalized spacial score (nSPS) is 10.3. The maximum absolute atomic E-state index is 13.8. The van der Waals surface area contributed by atoms with Gasteiger partial charge < -0.3 is 15.1 Å². The lowest BCUT2D eigenvalue weighted by atomic mass is 10.1. The smallest absolute Gasteiger partial charge is 0.243 e. The van der Waals surface area contributed by atoms with E-state index in [-0.39, 0.29) is 24.9 Å². The lowest BCUT2D eigenvalue weighted by Crippen LogP contribution is -2.41. The zero-order chi connectivity index (χ0) is 19.3. The van der Waals surface area contributed by atoms with E-state index in [1.165, 1.54) is 15.9 Å². The zero-order valence-electron chi connectivity index (χ0n) is 15.5. The van der Waals surface area contributed by atoms with Crippen molar-refractivity contribution in [3.63, 3.8) is 0 Å². The summed E-state index contributed by atoms with van der Waals surface area (Å²) in [5, 5.41) is 2.85. The quantitative estimate of drug-likeness (QED) is 0.865. The molecule has 0 bridgehead atoms. The van der Waals surface area contributed by atoms with E-state index in [1.807, 2.05) is 32.0 Å². The number of nitrogens with zero attached hydrogens (tertiary/aromatic N) is 2. The van der Waals surface area contributed by atoms with E-state index >= 15 is 0 Å². The first kappa shape index (κ1) is 19.4. The van der Waals surface area contributed by atoms with Crippen LogP contribution in [0.5, 0.6) is 0 Å². The average molecular weight is 357 g/mol. The number of likely N-dealkylation sites (N-methyl/N-ethyl adjacent to an activating group) is 2. The summed E-state index contributed by atoms with van der Waals surface area (Å²) in [7, 11) is 3.20. The summed E-state index contributed by atoms with van der Waals surface area (Å²) in [6.07, 6.45) is 0. The van der Waals surface area contributed by atoms with Gasteiger partial charge in [-0.1, -0.05) is 30.3 Å². The minimum absolute atomic E-state index is 0.0197. The number of carbonyl (C=O) groups is 2. The number of rotatable bonds is 6. The van der Waals surface area contributed by atoms with Crippen LogP contribution in [0.2, 0.25) is 0 Å². The van der Waals surface area contributed by atoms with Crippen LogP contribution in [0.3, 0.4) is 0 Å². The predicted octanol–water partition coefficient (Wildman–Crippen LogP) is 2.98. The minimum atomic E-state index is -0.391. The van der Waals surface area contributed by atoms with Crippen molar-refractivity contribution in [3.05, 3.63) is 59.4 Å². The summed E-state index contributed by atoms with van der Waals surface area (Å²) in [6.45, 7) is 3.74. The number of amides is 2. The number of hydrogen-bond acceptors (Lipinski definition) is 3. The maximum Gasteiger partial charge on any atom is 0.243 e. The van der Waals surface area contributed by atoms with E-state index in [0.717, 1.165) is 16.8 Å². The summed E-state index contributed by atoms with van der Waals surface area (Å²) in [6, 6.07) is 12.0. The highest BCUT2D eigenvalue weighted by atomic mass is 19.1. The van der Waals surface area contributed by atoms with Crippen molar-refractivity contribution < 1.29 is 14.0 Å². The van der Waals surface area contributed by atoms with Crippen LogP contribution in [-0.4, -0.2) is 43.9 Å². The van der Waals surface area contributed by atoms with Gasteiger partial charge in [0.05, 0.1) is 18.8 Å². The Hall–Kier alpha value is -2.89. The number of carbonyl (C=O) groups excluding carboxylic acids is 2. The predicted molar refractivity (Wildman–Crippen MR) is 102 cm³/mol. The fourth-order valence-electron chi connectivity index (χ4n) is 2.66. The third kappa shape index (κ3) is 4.81. The van der Waals surface area contributed by atoms with Crippen LogP contribution in [0, 0.1) is 19.7 Å². The van der Waals surface area contributed by atoms with Gasteiger partial charge in [-0.3, -0.25) is 9.59 Å². The van der Waals surface area contributed by atoms with Gasteiger partial charge in [-0.25, -0.2) is 4.39 Å². The molecular formula is C20H24FN3O2. The molecule has 0 spiro atoms. The standard InChI is InChI=1S/C20H24FN3O2/c1-14-8-7-9-15(2)20(14)22-18(25)12-24(4)19(26)13-23(3)17-11-6-5-10-16(17)21/h5-11H,12-13H2,1-4H3,(H,22,25). The summed E-state index contributed by atoms with van der Waals surface area (Å²) in [5.74, 6) is -0.933. The molecular weight excluding hydrogens is 333 g/mol. The second-order valence-electron chi connectivity index (χ2n) is 6.37. The molecule has 0 aliphatic heterocycles. The summed E-state index contributed by atoms with van der Waals surface area (Å²) in [4.78, 5) is 27.5. The van der Waals surface area contributed by atoms with Crippen LogP contribution in [-0.2, 0) is 9.59 Å². The zero-order valence-corrected chi connectivity index (χ0v) is 15.5. The Morgan fingerprint density at radius 3 is 2.19 bits per heavy atom. The molecule has 1 N–H and O–H groups in total. The van der Waals surface area contributed by atoms with Gasteiger partial charge in [0.1, 0.15) is 5.82 Å². The molecule has 2 aromatic rings. The van der Waals surface area contributed by atoms with Gasteiger partial charge in [-0.2, -0.15) is 0 Å². The van der Waals surface area contributed by atoms with E-state index < -0.39 is 5.82 Å². The monoisotopic (exact) mass is 357 g/mol. The highest BCUT2D eigenvalue weighted by molar-refractivity contribution is 5.96. The van der Waals surface area contributed by atoms with E-state index in [9.17, 15) is 14.0 Å². The van der Waals surface area contributed by atoms with E-state index in [0.29, 0.717) is 5.69 Å². The molecule has 0 atom stereocenters. The summed E-state index contributed by atoms with van der Waals surface area (Å²) < 4.78 is 13.8. The molecule has 6 heteroatoms. The lowest BCUT2D eigenvalue weighted by molar-refractivity contribution is -0.132. The fraction of sp³-hybridized carbons (Fsp3) is 0.300. The number of aryl methyl sites for hydroxylation is 2. The Balaban J connectivity index is 1.94. The molecule has 0 aromatic heterocycles. The minimum Gasteiger partial charge on any atom is -0.363 e. The van der Waals surface area contributed by atoms with Crippen molar-refractivity contribution in [2.75, 3.05) is 37.4 Å². The molecule has 138 valence electrons.